The summed E-state index contributed by atoms with van der Waals surface area (Å²) in [5, 5.41) is 0. The average molecular weight is 438 g/mol. The molecule has 4 aliphatic carbocycles. The van der Waals surface area contributed by atoms with Gasteiger partial charge in [-0.25, -0.2) is 17.5 Å². The van der Waals surface area contributed by atoms with Gasteiger partial charge in [0.25, 0.3) is 0 Å². The van der Waals surface area contributed by atoms with E-state index in [0.717, 1.165) is 61.3 Å². The molecular weight excluding hydrogens is 409 g/mol. The zero-order valence-electron chi connectivity index (χ0n) is 16.8. The Balaban J connectivity index is 1.19. The van der Waals surface area contributed by atoms with E-state index in [-0.39, 0.29) is 29.2 Å². The van der Waals surface area contributed by atoms with Crippen molar-refractivity contribution in [2.24, 2.45) is 23.2 Å². The summed E-state index contributed by atoms with van der Waals surface area (Å²) in [6.07, 6.45) is 7.59. The Morgan fingerprint density at radius 3 is 2.03 bits per heavy atom. The predicted molar refractivity (Wildman–Crippen MR) is 108 cm³/mol. The number of rotatable bonds is 7. The molecule has 4 aliphatic rings. The number of nitrogens with one attached hydrogen (secondary N) is 3. The molecule has 0 saturated heterocycles. The molecule has 2 amide bonds. The van der Waals surface area contributed by atoms with Crippen LogP contribution in [0, 0.1) is 29.0 Å². The maximum absolute atomic E-state index is 12.9. The fourth-order valence-electron chi connectivity index (χ4n) is 6.09. The van der Waals surface area contributed by atoms with E-state index >= 15 is 0 Å². The number of benzene rings is 1. The van der Waals surface area contributed by atoms with Crippen LogP contribution in [0.1, 0.15) is 51.4 Å². The SMILES string of the molecule is O=C(CCNS(=O)(=O)c1ccc(F)cc1)NNC(=O)CC12CC3CC(CC(C3)C1)C2. The number of hydrogen-bond donors (Lipinski definition) is 3. The first-order valence-electron chi connectivity index (χ1n) is 10.6. The standard InChI is InChI=1S/C21H28FN3O4S/c22-17-1-3-18(4-2-17)30(28,29)23-6-5-19(26)24-25-20(27)13-21-10-14-7-15(11-21)9-16(8-14)12-21/h1-4,14-16,23H,5-13H2,(H,24,26)(H,25,27). The second-order valence-corrected chi connectivity index (χ2v) is 11.1. The Morgan fingerprint density at radius 2 is 1.47 bits per heavy atom. The molecule has 0 spiro atoms. The molecule has 0 radical (unpaired) electrons. The number of hydrazine groups is 1. The van der Waals surface area contributed by atoms with E-state index in [0.29, 0.717) is 6.42 Å². The van der Waals surface area contributed by atoms with Crippen LogP contribution < -0.4 is 15.6 Å². The Bertz CT molecular complexity index is 881. The molecular formula is C21H28FN3O4S. The molecule has 30 heavy (non-hydrogen) atoms. The monoisotopic (exact) mass is 437 g/mol. The lowest BCUT2D eigenvalue weighted by Gasteiger charge is -2.56. The molecule has 164 valence electrons. The zero-order chi connectivity index (χ0) is 21.4. The van der Waals surface area contributed by atoms with Crippen LogP contribution in [-0.4, -0.2) is 26.8 Å². The van der Waals surface area contributed by atoms with Crippen molar-refractivity contribution >= 4 is 21.8 Å². The molecule has 0 unspecified atom stereocenters. The van der Waals surface area contributed by atoms with Gasteiger partial charge in [-0.3, -0.25) is 20.4 Å². The first-order valence-corrected chi connectivity index (χ1v) is 12.0. The third kappa shape index (κ3) is 4.83. The third-order valence-electron chi connectivity index (χ3n) is 6.81. The summed E-state index contributed by atoms with van der Waals surface area (Å²) in [4.78, 5) is 24.3. The summed E-state index contributed by atoms with van der Waals surface area (Å²) in [7, 11) is -3.82. The Hall–Kier alpha value is -2.00. The molecule has 4 saturated carbocycles. The molecule has 1 aromatic carbocycles. The second-order valence-electron chi connectivity index (χ2n) is 9.29. The van der Waals surface area contributed by atoms with Gasteiger partial charge in [-0.05, 0) is 86.0 Å². The molecule has 0 aliphatic heterocycles. The van der Waals surface area contributed by atoms with E-state index in [1.54, 1.807) is 0 Å². The summed E-state index contributed by atoms with van der Waals surface area (Å²) in [5.74, 6) is 1.08. The number of carbonyl (C=O) groups excluding carboxylic acids is 2. The van der Waals surface area contributed by atoms with Gasteiger partial charge in [0.2, 0.25) is 21.8 Å². The van der Waals surface area contributed by atoms with Gasteiger partial charge in [0.05, 0.1) is 4.90 Å². The van der Waals surface area contributed by atoms with Crippen LogP contribution >= 0.6 is 0 Å². The van der Waals surface area contributed by atoms with Crippen molar-refractivity contribution in [1.82, 2.24) is 15.6 Å². The van der Waals surface area contributed by atoms with Crippen LogP contribution in [0.2, 0.25) is 0 Å². The van der Waals surface area contributed by atoms with E-state index in [1.165, 1.54) is 19.3 Å². The number of sulfonamides is 1. The Labute approximate surface area is 176 Å². The minimum atomic E-state index is -3.82. The first-order chi connectivity index (χ1) is 14.2. The van der Waals surface area contributed by atoms with E-state index in [1.807, 2.05) is 0 Å². The van der Waals surface area contributed by atoms with Gasteiger partial charge in [0, 0.05) is 19.4 Å². The molecule has 3 N–H and O–H groups in total. The summed E-state index contributed by atoms with van der Waals surface area (Å²) in [6.45, 7) is -0.129. The van der Waals surface area contributed by atoms with Crippen LogP contribution in [0.15, 0.2) is 29.2 Å². The highest BCUT2D eigenvalue weighted by Crippen LogP contribution is 2.61. The maximum Gasteiger partial charge on any atom is 0.240 e. The van der Waals surface area contributed by atoms with Gasteiger partial charge in [-0.15, -0.1) is 0 Å². The Morgan fingerprint density at radius 1 is 0.933 bits per heavy atom. The Kier molecular flexibility index (Phi) is 5.85. The van der Waals surface area contributed by atoms with Crippen LogP contribution in [0.5, 0.6) is 0 Å². The first kappa shape index (κ1) is 21.2. The molecule has 0 aromatic heterocycles. The minimum Gasteiger partial charge on any atom is -0.273 e. The topological polar surface area (TPSA) is 104 Å². The molecule has 0 heterocycles. The van der Waals surface area contributed by atoms with E-state index in [4.69, 9.17) is 0 Å². The van der Waals surface area contributed by atoms with Crippen molar-refractivity contribution in [3.05, 3.63) is 30.1 Å². The molecule has 4 bridgehead atoms. The van der Waals surface area contributed by atoms with Crippen molar-refractivity contribution < 1.29 is 22.4 Å². The quantitative estimate of drug-likeness (QED) is 0.569. The summed E-state index contributed by atoms with van der Waals surface area (Å²) in [5.41, 5.74) is 4.95. The predicted octanol–water partition coefficient (Wildman–Crippen LogP) is 2.25. The maximum atomic E-state index is 12.9. The molecule has 4 fully saturated rings. The van der Waals surface area contributed by atoms with E-state index in [2.05, 4.69) is 15.6 Å². The number of halogens is 1. The van der Waals surface area contributed by atoms with Gasteiger partial charge in [-0.2, -0.15) is 0 Å². The van der Waals surface area contributed by atoms with Crippen LogP contribution in [-0.2, 0) is 19.6 Å². The highest BCUT2D eigenvalue weighted by molar-refractivity contribution is 7.89. The number of carbonyl (C=O) groups is 2. The average Bonchev–Trinajstić information content (AvgIpc) is 2.65. The van der Waals surface area contributed by atoms with Gasteiger partial charge < -0.3 is 0 Å². The molecule has 1 aromatic rings. The highest BCUT2D eigenvalue weighted by Gasteiger charge is 2.51. The van der Waals surface area contributed by atoms with Crippen molar-refractivity contribution in [2.75, 3.05) is 6.54 Å². The van der Waals surface area contributed by atoms with Crippen molar-refractivity contribution in [3.8, 4) is 0 Å². The summed E-state index contributed by atoms with van der Waals surface area (Å²) in [6, 6.07) is 4.42. The smallest absolute Gasteiger partial charge is 0.240 e. The van der Waals surface area contributed by atoms with Gasteiger partial charge >= 0.3 is 0 Å². The molecule has 5 rings (SSSR count). The molecule has 9 heteroatoms. The lowest BCUT2D eigenvalue weighted by atomic mass is 9.49. The fraction of sp³-hybridized carbons (Fsp3) is 0.619. The van der Waals surface area contributed by atoms with E-state index in [9.17, 15) is 22.4 Å². The lowest BCUT2D eigenvalue weighted by Crippen LogP contribution is -2.50. The second kappa shape index (κ2) is 8.26. The van der Waals surface area contributed by atoms with Crippen LogP contribution in [0.3, 0.4) is 0 Å². The van der Waals surface area contributed by atoms with Gasteiger partial charge in [0.15, 0.2) is 0 Å². The van der Waals surface area contributed by atoms with Gasteiger partial charge in [0.1, 0.15) is 5.82 Å². The molecule has 0 atom stereocenters. The van der Waals surface area contributed by atoms with Crippen molar-refractivity contribution in [2.45, 2.75) is 56.3 Å². The fourth-order valence-corrected chi connectivity index (χ4v) is 7.12. The lowest BCUT2D eigenvalue weighted by molar-refractivity contribution is -0.134. The minimum absolute atomic E-state index is 0.0758. The summed E-state index contributed by atoms with van der Waals surface area (Å²) >= 11 is 0. The van der Waals surface area contributed by atoms with Crippen LogP contribution in [0.25, 0.3) is 0 Å². The van der Waals surface area contributed by atoms with Crippen molar-refractivity contribution in [3.63, 3.8) is 0 Å². The van der Waals surface area contributed by atoms with Gasteiger partial charge in [-0.1, -0.05) is 0 Å². The van der Waals surface area contributed by atoms with E-state index < -0.39 is 21.7 Å². The summed E-state index contributed by atoms with van der Waals surface area (Å²) < 4.78 is 39.4. The third-order valence-corrected chi connectivity index (χ3v) is 8.29. The number of hydrogen-bond acceptors (Lipinski definition) is 4. The van der Waals surface area contributed by atoms with Crippen molar-refractivity contribution in [1.29, 1.82) is 0 Å². The largest absolute Gasteiger partial charge is 0.273 e. The van der Waals surface area contributed by atoms with Crippen LogP contribution in [0.4, 0.5) is 4.39 Å². The zero-order valence-corrected chi connectivity index (χ0v) is 17.6. The highest BCUT2D eigenvalue weighted by atomic mass is 32.2. The molecule has 7 nitrogen and oxygen atoms in total. The number of amides is 2. The normalized spacial score (nSPS) is 29.6.